The molecule has 0 aliphatic carbocycles. The lowest BCUT2D eigenvalue weighted by Gasteiger charge is -2.29. The number of furan rings is 1. The Balaban J connectivity index is 1.59. The Labute approximate surface area is 179 Å². The normalized spacial score (nSPS) is 20.3. The molecule has 5 rings (SSSR count). The molecule has 1 aromatic carbocycles. The van der Waals surface area contributed by atoms with Crippen LogP contribution in [0, 0.1) is 11.6 Å². The lowest BCUT2D eigenvalue weighted by atomic mass is 9.95. The zero-order valence-corrected chi connectivity index (χ0v) is 16.9. The molecular formula is C21H16F2N4O5. The van der Waals surface area contributed by atoms with Crippen LogP contribution in [0.25, 0.3) is 11.0 Å². The molecule has 2 aromatic heterocycles. The summed E-state index contributed by atoms with van der Waals surface area (Å²) < 4.78 is 39.5. The molecule has 9 nitrogen and oxygen atoms in total. The van der Waals surface area contributed by atoms with Crippen molar-refractivity contribution in [2.75, 3.05) is 20.7 Å². The number of imide groups is 1. The van der Waals surface area contributed by atoms with Gasteiger partial charge in [-0.2, -0.15) is 0 Å². The first kappa shape index (κ1) is 19.9. The average Bonchev–Trinajstić information content (AvgIpc) is 3.39. The van der Waals surface area contributed by atoms with Gasteiger partial charge in [0.05, 0.1) is 19.2 Å². The highest BCUT2D eigenvalue weighted by Gasteiger charge is 2.55. The Bertz CT molecular complexity index is 1290. The molecule has 1 atom stereocenters. The van der Waals surface area contributed by atoms with Crippen molar-refractivity contribution in [2.45, 2.75) is 12.1 Å². The minimum absolute atomic E-state index is 0.0937. The third kappa shape index (κ3) is 2.60. The molecule has 1 N–H and O–H groups in total. The van der Waals surface area contributed by atoms with Gasteiger partial charge >= 0.3 is 6.03 Å². The Morgan fingerprint density at radius 3 is 2.72 bits per heavy atom. The van der Waals surface area contributed by atoms with Crippen molar-refractivity contribution in [3.63, 3.8) is 0 Å². The van der Waals surface area contributed by atoms with Gasteiger partial charge in [-0.1, -0.05) is 0 Å². The molecule has 0 saturated carbocycles. The summed E-state index contributed by atoms with van der Waals surface area (Å²) in [6, 6.07) is 3.49. The van der Waals surface area contributed by atoms with Gasteiger partial charge < -0.3 is 19.4 Å². The fraction of sp³-hybridized carbons (Fsp3) is 0.238. The van der Waals surface area contributed by atoms with Gasteiger partial charge in [-0.05, 0) is 23.8 Å². The van der Waals surface area contributed by atoms with Crippen molar-refractivity contribution < 1.29 is 32.3 Å². The standard InChI is InChI=1S/C21H16F2N4O5/c1-26-19(29)21(25-20(26)30,14-6-10-7-24-4-3-13(10)32-14)9-27-8-11-5-12(22)17(31-2)16(23)15(11)18(27)28/h3-7H,8-9H2,1-2H3,(H,25,30)/t21-/m0/s1. The molecule has 11 heteroatoms. The molecule has 1 saturated heterocycles. The number of rotatable bonds is 4. The summed E-state index contributed by atoms with van der Waals surface area (Å²) in [5, 5.41) is 3.19. The number of aromatic nitrogens is 1. The number of amides is 4. The van der Waals surface area contributed by atoms with E-state index in [2.05, 4.69) is 10.3 Å². The first-order valence-electron chi connectivity index (χ1n) is 9.55. The van der Waals surface area contributed by atoms with Crippen LogP contribution in [-0.2, 0) is 16.9 Å². The number of nitrogens with zero attached hydrogens (tertiary/aromatic N) is 3. The van der Waals surface area contributed by atoms with Gasteiger partial charge in [0, 0.05) is 31.4 Å². The first-order chi connectivity index (χ1) is 15.3. The number of carbonyl (C=O) groups excluding carboxylic acids is 3. The average molecular weight is 442 g/mol. The summed E-state index contributed by atoms with van der Waals surface area (Å²) in [7, 11) is 2.39. The van der Waals surface area contributed by atoms with Crippen LogP contribution in [0.4, 0.5) is 13.6 Å². The second kappa shape index (κ2) is 6.74. The van der Waals surface area contributed by atoms with Crippen molar-refractivity contribution in [2.24, 2.45) is 0 Å². The number of fused-ring (bicyclic) bond motifs is 2. The molecule has 3 aromatic rings. The maximum Gasteiger partial charge on any atom is 0.325 e. The largest absolute Gasteiger partial charge is 0.491 e. The van der Waals surface area contributed by atoms with Gasteiger partial charge in [0.2, 0.25) is 0 Å². The lowest BCUT2D eigenvalue weighted by molar-refractivity contribution is -0.131. The molecule has 1 fully saturated rings. The molecule has 0 unspecified atom stereocenters. The fourth-order valence-electron chi connectivity index (χ4n) is 4.19. The van der Waals surface area contributed by atoms with Crippen LogP contribution in [0.15, 0.2) is 35.0 Å². The summed E-state index contributed by atoms with van der Waals surface area (Å²) in [5.74, 6) is -4.03. The van der Waals surface area contributed by atoms with Crippen molar-refractivity contribution in [1.29, 1.82) is 0 Å². The highest BCUT2D eigenvalue weighted by atomic mass is 19.1. The number of hydrogen-bond acceptors (Lipinski definition) is 6. The van der Waals surface area contributed by atoms with Crippen LogP contribution < -0.4 is 10.1 Å². The van der Waals surface area contributed by atoms with Gasteiger partial charge in [0.25, 0.3) is 11.8 Å². The van der Waals surface area contributed by atoms with Gasteiger partial charge in [-0.25, -0.2) is 13.6 Å². The Morgan fingerprint density at radius 2 is 2.06 bits per heavy atom. The zero-order valence-electron chi connectivity index (χ0n) is 16.9. The van der Waals surface area contributed by atoms with Crippen LogP contribution in [0.2, 0.25) is 0 Å². The number of benzene rings is 1. The summed E-state index contributed by atoms with van der Waals surface area (Å²) in [6.07, 6.45) is 3.04. The maximum atomic E-state index is 14.7. The van der Waals surface area contributed by atoms with Crippen LogP contribution in [-0.4, -0.2) is 53.3 Å². The van der Waals surface area contributed by atoms with E-state index in [0.29, 0.717) is 11.0 Å². The van der Waals surface area contributed by atoms with Gasteiger partial charge in [-0.15, -0.1) is 0 Å². The maximum absolute atomic E-state index is 14.7. The number of nitrogens with one attached hydrogen (secondary N) is 1. The third-order valence-electron chi connectivity index (χ3n) is 5.78. The molecular weight excluding hydrogens is 426 g/mol. The van der Waals surface area contributed by atoms with Crippen LogP contribution in [0.1, 0.15) is 21.7 Å². The number of halogens is 2. The number of hydrogen-bond donors (Lipinski definition) is 1. The molecule has 0 bridgehead atoms. The van der Waals surface area contributed by atoms with E-state index in [4.69, 9.17) is 9.15 Å². The molecule has 4 amide bonds. The number of pyridine rings is 1. The van der Waals surface area contributed by atoms with E-state index in [1.54, 1.807) is 12.1 Å². The summed E-state index contributed by atoms with van der Waals surface area (Å²) in [5.41, 5.74) is -1.54. The zero-order chi connectivity index (χ0) is 22.8. The Hall–Kier alpha value is -4.02. The van der Waals surface area contributed by atoms with E-state index in [9.17, 15) is 23.2 Å². The molecule has 2 aliphatic heterocycles. The van der Waals surface area contributed by atoms with Crippen molar-refractivity contribution in [3.05, 3.63) is 59.1 Å². The monoisotopic (exact) mass is 442 g/mol. The van der Waals surface area contributed by atoms with E-state index in [1.807, 2.05) is 0 Å². The first-order valence-corrected chi connectivity index (χ1v) is 9.55. The number of methoxy groups -OCH3 is 1. The fourth-order valence-corrected chi connectivity index (χ4v) is 4.19. The predicted octanol–water partition coefficient (Wildman–Crippen LogP) is 2.15. The van der Waals surface area contributed by atoms with E-state index in [1.165, 1.54) is 19.4 Å². The summed E-state index contributed by atoms with van der Waals surface area (Å²) in [4.78, 5) is 44.6. The molecule has 164 valence electrons. The Morgan fingerprint density at radius 1 is 1.28 bits per heavy atom. The van der Waals surface area contributed by atoms with Crippen molar-refractivity contribution >= 4 is 28.8 Å². The quantitative estimate of drug-likeness (QED) is 0.621. The molecule has 2 aliphatic rings. The molecule has 0 spiro atoms. The number of ether oxygens (including phenoxy) is 1. The summed E-state index contributed by atoms with van der Waals surface area (Å²) >= 11 is 0. The van der Waals surface area contributed by atoms with Crippen LogP contribution in [0.3, 0.4) is 0 Å². The Kier molecular flexibility index (Phi) is 4.19. The van der Waals surface area contributed by atoms with Crippen molar-refractivity contribution in [3.8, 4) is 5.75 Å². The topological polar surface area (TPSA) is 105 Å². The SMILES string of the molecule is COc1c(F)cc2c(c1F)C(=O)N(C[C@@]1(c3cc4cnccc4o3)NC(=O)N(C)C1=O)C2. The molecule has 0 radical (unpaired) electrons. The minimum Gasteiger partial charge on any atom is -0.491 e. The predicted molar refractivity (Wildman–Crippen MR) is 105 cm³/mol. The van der Waals surface area contributed by atoms with E-state index in [-0.39, 0.29) is 30.0 Å². The second-order valence-corrected chi connectivity index (χ2v) is 7.62. The van der Waals surface area contributed by atoms with Crippen LogP contribution in [0.5, 0.6) is 5.75 Å². The number of likely N-dealkylation sites (N-methyl/N-ethyl adjacent to an activating group) is 1. The lowest BCUT2D eigenvalue weighted by Crippen LogP contribution is -2.52. The van der Waals surface area contributed by atoms with E-state index >= 15 is 0 Å². The molecule has 32 heavy (non-hydrogen) atoms. The number of urea groups is 1. The van der Waals surface area contributed by atoms with E-state index < -0.39 is 40.8 Å². The highest BCUT2D eigenvalue weighted by molar-refractivity contribution is 6.08. The number of carbonyl (C=O) groups is 3. The smallest absolute Gasteiger partial charge is 0.325 e. The minimum atomic E-state index is -1.75. The molecule has 4 heterocycles. The second-order valence-electron chi connectivity index (χ2n) is 7.62. The van der Waals surface area contributed by atoms with E-state index in [0.717, 1.165) is 23.0 Å². The van der Waals surface area contributed by atoms with Gasteiger partial charge in [0.1, 0.15) is 11.3 Å². The third-order valence-corrected chi connectivity index (χ3v) is 5.78. The summed E-state index contributed by atoms with van der Waals surface area (Å²) in [6.45, 7) is -0.519. The van der Waals surface area contributed by atoms with Gasteiger partial charge in [0.15, 0.2) is 22.9 Å². The van der Waals surface area contributed by atoms with Crippen molar-refractivity contribution in [1.82, 2.24) is 20.1 Å². The van der Waals surface area contributed by atoms with Gasteiger partial charge in [-0.3, -0.25) is 19.5 Å². The van der Waals surface area contributed by atoms with Crippen LogP contribution >= 0.6 is 0 Å². The highest BCUT2D eigenvalue weighted by Crippen LogP contribution is 2.38.